The van der Waals surface area contributed by atoms with Crippen molar-refractivity contribution < 1.29 is 0 Å². The van der Waals surface area contributed by atoms with Gasteiger partial charge in [0.2, 0.25) is 0 Å². The fourth-order valence-electron chi connectivity index (χ4n) is 2.67. The fraction of sp³-hybridized carbons (Fsp3) is 0.100. The number of pyridine rings is 1. The molecule has 3 nitrogen and oxygen atoms in total. The Kier molecular flexibility index (Phi) is 5.83. The van der Waals surface area contributed by atoms with Gasteiger partial charge in [-0.2, -0.15) is 5.26 Å². The van der Waals surface area contributed by atoms with E-state index in [1.165, 1.54) is 0 Å². The van der Waals surface area contributed by atoms with Crippen LogP contribution in [0.2, 0.25) is 10.0 Å². The maximum absolute atomic E-state index is 13.0. The molecule has 1 heterocycles. The Morgan fingerprint density at radius 3 is 2.46 bits per heavy atom. The maximum Gasteiger partial charge on any atom is 0.258 e. The van der Waals surface area contributed by atoms with E-state index >= 15 is 0 Å². The van der Waals surface area contributed by atoms with Crippen LogP contribution >= 0.6 is 39.1 Å². The van der Waals surface area contributed by atoms with E-state index in [1.54, 1.807) is 35.0 Å². The van der Waals surface area contributed by atoms with E-state index < -0.39 is 0 Å². The van der Waals surface area contributed by atoms with Gasteiger partial charge >= 0.3 is 0 Å². The third-order valence-electron chi connectivity index (χ3n) is 3.94. The minimum atomic E-state index is -0.139. The van der Waals surface area contributed by atoms with Crippen molar-refractivity contribution in [2.45, 2.75) is 13.0 Å². The molecule has 0 atom stereocenters. The van der Waals surface area contributed by atoms with Crippen molar-refractivity contribution >= 4 is 39.1 Å². The second-order valence-electron chi connectivity index (χ2n) is 5.77. The molecule has 0 aliphatic heterocycles. The van der Waals surface area contributed by atoms with Gasteiger partial charge in [-0.1, -0.05) is 57.3 Å². The zero-order valence-corrected chi connectivity index (χ0v) is 16.6. The number of nitrogens with zero attached hydrogens (tertiary/aromatic N) is 2. The highest BCUT2D eigenvalue weighted by Gasteiger charge is 2.11. The van der Waals surface area contributed by atoms with Crippen molar-refractivity contribution in [2.24, 2.45) is 0 Å². The van der Waals surface area contributed by atoms with E-state index in [-0.39, 0.29) is 12.0 Å². The second-order valence-corrected chi connectivity index (χ2v) is 7.53. The van der Waals surface area contributed by atoms with Gasteiger partial charge in [-0.15, -0.1) is 0 Å². The van der Waals surface area contributed by atoms with Gasteiger partial charge in [-0.25, -0.2) is 0 Å². The molecule has 0 saturated carbocycles. The van der Waals surface area contributed by atoms with Crippen LogP contribution in [0.1, 0.15) is 11.1 Å². The second kappa shape index (κ2) is 8.09. The molecule has 0 spiro atoms. The van der Waals surface area contributed by atoms with Gasteiger partial charge in [0.25, 0.3) is 5.56 Å². The first-order valence-corrected chi connectivity index (χ1v) is 9.33. The van der Waals surface area contributed by atoms with E-state index in [4.69, 9.17) is 28.5 Å². The molecule has 0 amide bonds. The maximum atomic E-state index is 13.0. The zero-order valence-electron chi connectivity index (χ0n) is 13.5. The lowest BCUT2D eigenvalue weighted by atomic mass is 10.0. The Balaban J connectivity index is 2.11. The normalized spacial score (nSPS) is 10.5. The van der Waals surface area contributed by atoms with E-state index in [9.17, 15) is 4.79 Å². The molecule has 6 heteroatoms. The molecule has 26 heavy (non-hydrogen) atoms. The van der Waals surface area contributed by atoms with Crippen LogP contribution in [-0.2, 0) is 13.0 Å². The number of nitriles is 1. The summed E-state index contributed by atoms with van der Waals surface area (Å²) in [5.41, 5.74) is 2.77. The van der Waals surface area contributed by atoms with Crippen molar-refractivity contribution in [1.29, 1.82) is 5.26 Å². The largest absolute Gasteiger partial charge is 0.310 e. The Bertz CT molecular complexity index is 1050. The summed E-state index contributed by atoms with van der Waals surface area (Å²) in [6.07, 6.45) is 1.93. The third-order valence-corrected chi connectivity index (χ3v) is 5.05. The molecule has 0 N–H and O–H groups in total. The van der Waals surface area contributed by atoms with Gasteiger partial charge in [0.1, 0.15) is 0 Å². The van der Waals surface area contributed by atoms with Gasteiger partial charge in [0, 0.05) is 26.3 Å². The first kappa shape index (κ1) is 18.7. The SMILES string of the molecule is N#CCc1cc(-c2ccc(Br)cc2)c(=O)n(Cc2ccc(Cl)cc2Cl)c1. The number of halogens is 3. The molecule has 0 aliphatic rings. The average Bonchev–Trinajstić information content (AvgIpc) is 2.61. The molecule has 130 valence electrons. The summed E-state index contributed by atoms with van der Waals surface area (Å²) >= 11 is 15.6. The first-order chi connectivity index (χ1) is 12.5. The Hall–Kier alpha value is -2.06. The summed E-state index contributed by atoms with van der Waals surface area (Å²) < 4.78 is 2.52. The highest BCUT2D eigenvalue weighted by molar-refractivity contribution is 9.10. The summed E-state index contributed by atoms with van der Waals surface area (Å²) in [6, 6.07) is 16.6. The van der Waals surface area contributed by atoms with Crippen LogP contribution in [0.25, 0.3) is 11.1 Å². The van der Waals surface area contributed by atoms with E-state index in [0.29, 0.717) is 22.2 Å². The van der Waals surface area contributed by atoms with Gasteiger partial charge in [0.05, 0.1) is 19.0 Å². The lowest BCUT2D eigenvalue weighted by molar-refractivity contribution is 0.754. The highest BCUT2D eigenvalue weighted by Crippen LogP contribution is 2.23. The predicted octanol–water partition coefficient (Wildman–Crippen LogP) is 5.70. The Labute approximate surface area is 169 Å². The molecular formula is C20H13BrCl2N2O. The summed E-state index contributed by atoms with van der Waals surface area (Å²) in [5.74, 6) is 0. The molecule has 2 aromatic carbocycles. The number of hydrogen-bond acceptors (Lipinski definition) is 2. The summed E-state index contributed by atoms with van der Waals surface area (Å²) in [4.78, 5) is 13.0. The van der Waals surface area contributed by atoms with Crippen molar-refractivity contribution in [2.75, 3.05) is 0 Å². The predicted molar refractivity (Wildman–Crippen MR) is 109 cm³/mol. The van der Waals surface area contributed by atoms with Crippen LogP contribution in [0.4, 0.5) is 0 Å². The van der Waals surface area contributed by atoms with E-state index in [2.05, 4.69) is 22.0 Å². The average molecular weight is 448 g/mol. The Morgan fingerprint density at radius 2 is 1.81 bits per heavy atom. The molecule has 0 aliphatic carbocycles. The van der Waals surface area contributed by atoms with Crippen LogP contribution < -0.4 is 5.56 Å². The molecule has 0 radical (unpaired) electrons. The van der Waals surface area contributed by atoms with E-state index in [1.807, 2.05) is 24.3 Å². The minimum absolute atomic E-state index is 0.139. The van der Waals surface area contributed by atoms with Crippen molar-refractivity contribution in [1.82, 2.24) is 4.57 Å². The quantitative estimate of drug-likeness (QED) is 0.514. The molecule has 3 aromatic rings. The molecule has 1 aromatic heterocycles. The Morgan fingerprint density at radius 1 is 1.08 bits per heavy atom. The van der Waals surface area contributed by atoms with Gasteiger partial charge in [-0.05, 0) is 47.0 Å². The van der Waals surface area contributed by atoms with Crippen LogP contribution in [0.5, 0.6) is 0 Å². The smallest absolute Gasteiger partial charge is 0.258 e. The molecule has 0 bridgehead atoms. The zero-order chi connectivity index (χ0) is 18.7. The van der Waals surface area contributed by atoms with Crippen molar-refractivity contribution in [3.63, 3.8) is 0 Å². The van der Waals surface area contributed by atoms with Crippen LogP contribution in [0, 0.1) is 11.3 Å². The van der Waals surface area contributed by atoms with Gasteiger partial charge < -0.3 is 4.57 Å². The van der Waals surface area contributed by atoms with Gasteiger partial charge in [-0.3, -0.25) is 4.79 Å². The monoisotopic (exact) mass is 446 g/mol. The standard InChI is InChI=1S/C20H13BrCl2N2O/c21-16-4-1-14(2-5-16)18-9-13(7-8-24)11-25(20(18)26)12-15-3-6-17(22)10-19(15)23/h1-6,9-11H,7,12H2. The number of aromatic nitrogens is 1. The molecular weight excluding hydrogens is 435 g/mol. The van der Waals surface area contributed by atoms with Crippen LogP contribution in [0.15, 0.2) is 64.0 Å². The first-order valence-electron chi connectivity index (χ1n) is 7.78. The summed E-state index contributed by atoms with van der Waals surface area (Å²) in [6.45, 7) is 0.303. The summed E-state index contributed by atoms with van der Waals surface area (Å²) in [5, 5.41) is 10.1. The highest BCUT2D eigenvalue weighted by atomic mass is 79.9. The van der Waals surface area contributed by atoms with Gasteiger partial charge in [0.15, 0.2) is 0 Å². The molecule has 0 unspecified atom stereocenters. The van der Waals surface area contributed by atoms with Crippen LogP contribution in [-0.4, -0.2) is 4.57 Å². The number of hydrogen-bond donors (Lipinski definition) is 0. The number of benzene rings is 2. The molecule has 0 fully saturated rings. The van der Waals surface area contributed by atoms with E-state index in [0.717, 1.165) is 21.2 Å². The third kappa shape index (κ3) is 4.19. The number of rotatable bonds is 4. The molecule has 0 saturated heterocycles. The van der Waals surface area contributed by atoms with Crippen molar-refractivity contribution in [3.05, 3.63) is 90.7 Å². The lowest BCUT2D eigenvalue weighted by Crippen LogP contribution is -2.23. The topological polar surface area (TPSA) is 45.8 Å². The van der Waals surface area contributed by atoms with Crippen molar-refractivity contribution in [3.8, 4) is 17.2 Å². The minimum Gasteiger partial charge on any atom is -0.310 e. The lowest BCUT2D eigenvalue weighted by Gasteiger charge is -2.12. The summed E-state index contributed by atoms with van der Waals surface area (Å²) in [7, 11) is 0. The molecule has 3 rings (SSSR count). The van der Waals surface area contributed by atoms with Crippen LogP contribution in [0.3, 0.4) is 0 Å². The fourth-order valence-corrected chi connectivity index (χ4v) is 3.41.